The van der Waals surface area contributed by atoms with Gasteiger partial charge in [-0.3, -0.25) is 14.4 Å². The van der Waals surface area contributed by atoms with Gasteiger partial charge in [0, 0.05) is 33.5 Å². The van der Waals surface area contributed by atoms with Crippen molar-refractivity contribution in [3.8, 4) is 0 Å². The number of ether oxygens (including phenoxy) is 1. The smallest absolute Gasteiger partial charge is 0.323 e. The third-order valence-corrected chi connectivity index (χ3v) is 2.63. The van der Waals surface area contributed by atoms with Crippen molar-refractivity contribution >= 4 is 23.5 Å². The second kappa shape index (κ2) is 6.83. The summed E-state index contributed by atoms with van der Waals surface area (Å²) in [6.45, 7) is -0.0156. The lowest BCUT2D eigenvalue weighted by molar-refractivity contribution is -0.142. The molecule has 0 aliphatic carbocycles. The van der Waals surface area contributed by atoms with Crippen molar-refractivity contribution < 1.29 is 24.2 Å². The summed E-state index contributed by atoms with van der Waals surface area (Å²) in [7, 11) is 2.93. The summed E-state index contributed by atoms with van der Waals surface area (Å²) in [5.74, 6) is -1.75. The number of nitrogens with zero attached hydrogens (tertiary/aromatic N) is 3. The molecule has 0 atom stereocenters. The van der Waals surface area contributed by atoms with Gasteiger partial charge < -0.3 is 14.7 Å². The van der Waals surface area contributed by atoms with Crippen molar-refractivity contribution in [3.63, 3.8) is 0 Å². The van der Waals surface area contributed by atoms with E-state index in [4.69, 9.17) is 9.84 Å². The highest BCUT2D eigenvalue weighted by Gasteiger charge is 2.26. The number of hydrazone groups is 1. The Bertz CT molecular complexity index is 407. The number of rotatable bonds is 6. The monoisotopic (exact) mass is 271 g/mol. The zero-order valence-electron chi connectivity index (χ0n) is 11.0. The second-order valence-electron chi connectivity index (χ2n) is 4.08. The van der Waals surface area contributed by atoms with Gasteiger partial charge in [0.15, 0.2) is 0 Å². The summed E-state index contributed by atoms with van der Waals surface area (Å²) in [5, 5.41) is 13.8. The van der Waals surface area contributed by atoms with E-state index in [2.05, 4.69) is 5.10 Å². The Morgan fingerprint density at radius 3 is 2.68 bits per heavy atom. The van der Waals surface area contributed by atoms with Gasteiger partial charge in [0.05, 0.1) is 6.61 Å². The van der Waals surface area contributed by atoms with Crippen LogP contribution in [0.1, 0.15) is 12.8 Å². The van der Waals surface area contributed by atoms with E-state index in [1.807, 2.05) is 0 Å². The van der Waals surface area contributed by atoms with Crippen LogP contribution in [0.4, 0.5) is 0 Å². The van der Waals surface area contributed by atoms with Gasteiger partial charge in [-0.05, 0) is 0 Å². The first-order chi connectivity index (χ1) is 8.95. The molecule has 0 saturated carbocycles. The Morgan fingerprint density at radius 2 is 2.16 bits per heavy atom. The fourth-order valence-electron chi connectivity index (χ4n) is 1.62. The molecule has 0 spiro atoms. The van der Waals surface area contributed by atoms with Crippen molar-refractivity contribution in [1.29, 1.82) is 0 Å². The molecular weight excluding hydrogens is 254 g/mol. The summed E-state index contributed by atoms with van der Waals surface area (Å²) in [5.41, 5.74) is 0.194. The number of carbonyl (C=O) groups excluding carboxylic acids is 2. The van der Waals surface area contributed by atoms with Crippen molar-refractivity contribution in [2.45, 2.75) is 12.8 Å². The largest absolute Gasteiger partial charge is 0.480 e. The molecule has 1 aliphatic rings. The molecule has 1 rings (SSSR count). The lowest BCUT2D eigenvalue weighted by Gasteiger charge is -2.24. The van der Waals surface area contributed by atoms with Gasteiger partial charge >= 0.3 is 5.97 Å². The van der Waals surface area contributed by atoms with Crippen LogP contribution in [0.25, 0.3) is 0 Å². The van der Waals surface area contributed by atoms with E-state index in [1.165, 1.54) is 14.2 Å². The minimum Gasteiger partial charge on any atom is -0.480 e. The first kappa shape index (κ1) is 15.1. The zero-order chi connectivity index (χ0) is 14.4. The van der Waals surface area contributed by atoms with Crippen molar-refractivity contribution in [1.82, 2.24) is 9.91 Å². The van der Waals surface area contributed by atoms with Crippen LogP contribution in [0.2, 0.25) is 0 Å². The first-order valence-corrected chi connectivity index (χ1v) is 5.79. The minimum absolute atomic E-state index is 0.165. The number of carboxylic acids is 1. The molecule has 8 heteroatoms. The molecule has 1 aliphatic heterocycles. The molecular formula is C11H17N3O5. The molecule has 8 nitrogen and oxygen atoms in total. The highest BCUT2D eigenvalue weighted by atomic mass is 16.5. The lowest BCUT2D eigenvalue weighted by atomic mass is 10.1. The van der Waals surface area contributed by atoms with Gasteiger partial charge in [-0.25, -0.2) is 5.01 Å². The van der Waals surface area contributed by atoms with Crippen LogP contribution < -0.4 is 0 Å². The predicted molar refractivity (Wildman–Crippen MR) is 65.5 cm³/mol. The highest BCUT2D eigenvalue weighted by Crippen LogP contribution is 2.09. The Hall–Kier alpha value is -1.96. The van der Waals surface area contributed by atoms with E-state index in [1.54, 1.807) is 0 Å². The summed E-state index contributed by atoms with van der Waals surface area (Å²) < 4.78 is 4.84. The average Bonchev–Trinajstić information content (AvgIpc) is 2.36. The Kier molecular flexibility index (Phi) is 5.43. The van der Waals surface area contributed by atoms with Crippen LogP contribution in [-0.4, -0.2) is 72.4 Å². The molecule has 0 radical (unpaired) electrons. The van der Waals surface area contributed by atoms with Gasteiger partial charge in [0.2, 0.25) is 5.91 Å². The number of carbonyl (C=O) groups is 3. The molecule has 0 fully saturated rings. The fourth-order valence-corrected chi connectivity index (χ4v) is 1.62. The third-order valence-electron chi connectivity index (χ3n) is 2.63. The molecule has 0 aromatic carbocycles. The van der Waals surface area contributed by atoms with E-state index in [0.717, 1.165) is 9.91 Å². The topological polar surface area (TPSA) is 99.5 Å². The maximum atomic E-state index is 12.1. The molecule has 2 amide bonds. The molecule has 19 heavy (non-hydrogen) atoms. The van der Waals surface area contributed by atoms with Gasteiger partial charge in [0.1, 0.15) is 12.3 Å². The molecule has 1 N–H and O–H groups in total. The summed E-state index contributed by atoms with van der Waals surface area (Å²) in [6, 6.07) is 0. The summed E-state index contributed by atoms with van der Waals surface area (Å²) >= 11 is 0. The number of amides is 2. The molecule has 0 bridgehead atoms. The number of hydrogen-bond donors (Lipinski definition) is 1. The van der Waals surface area contributed by atoms with Crippen LogP contribution in [0.15, 0.2) is 5.10 Å². The normalized spacial score (nSPS) is 15.2. The number of aliphatic carboxylic acids is 1. The van der Waals surface area contributed by atoms with Crippen LogP contribution in [0.3, 0.4) is 0 Å². The quantitative estimate of drug-likeness (QED) is 0.678. The van der Waals surface area contributed by atoms with Gasteiger partial charge in [0.25, 0.3) is 5.91 Å². The van der Waals surface area contributed by atoms with Crippen molar-refractivity contribution in [2.75, 3.05) is 33.9 Å². The Labute approximate surface area is 110 Å². The SMILES string of the molecule is COCCN(CC(=O)O)C(=O)C1=NN(C)C(=O)CC1. The van der Waals surface area contributed by atoms with Gasteiger partial charge in [-0.15, -0.1) is 0 Å². The molecule has 0 saturated heterocycles. The fraction of sp³-hybridized carbons (Fsp3) is 0.636. The standard InChI is InChI=1S/C11H17N3O5/c1-13-9(15)4-3-8(12-13)11(18)14(5-6-19-2)7-10(16)17/h3-7H2,1-2H3,(H,16,17). The molecule has 0 unspecified atom stereocenters. The first-order valence-electron chi connectivity index (χ1n) is 5.79. The van der Waals surface area contributed by atoms with Crippen LogP contribution in [0.5, 0.6) is 0 Å². The second-order valence-corrected chi connectivity index (χ2v) is 4.08. The van der Waals surface area contributed by atoms with Crippen LogP contribution >= 0.6 is 0 Å². The van der Waals surface area contributed by atoms with Crippen LogP contribution in [-0.2, 0) is 19.1 Å². The van der Waals surface area contributed by atoms with E-state index in [9.17, 15) is 14.4 Å². The molecule has 1 heterocycles. The third kappa shape index (κ3) is 4.32. The molecule has 0 aromatic heterocycles. The van der Waals surface area contributed by atoms with E-state index < -0.39 is 18.4 Å². The number of hydrogen-bond acceptors (Lipinski definition) is 5. The summed E-state index contributed by atoms with van der Waals surface area (Å²) in [4.78, 5) is 35.3. The zero-order valence-corrected chi connectivity index (χ0v) is 11.0. The van der Waals surface area contributed by atoms with Crippen LogP contribution in [0, 0.1) is 0 Å². The average molecular weight is 271 g/mol. The maximum absolute atomic E-state index is 12.1. The van der Waals surface area contributed by atoms with Gasteiger partial charge in [-0.2, -0.15) is 5.10 Å². The Morgan fingerprint density at radius 1 is 1.47 bits per heavy atom. The van der Waals surface area contributed by atoms with Gasteiger partial charge in [-0.1, -0.05) is 0 Å². The van der Waals surface area contributed by atoms with E-state index in [0.29, 0.717) is 0 Å². The molecule has 106 valence electrons. The maximum Gasteiger partial charge on any atom is 0.323 e. The van der Waals surface area contributed by atoms with Crippen molar-refractivity contribution in [2.24, 2.45) is 5.10 Å². The lowest BCUT2D eigenvalue weighted by Crippen LogP contribution is -2.44. The highest BCUT2D eigenvalue weighted by molar-refractivity contribution is 6.39. The minimum atomic E-state index is -1.11. The predicted octanol–water partition coefficient (Wildman–Crippen LogP) is -0.846. The number of methoxy groups -OCH3 is 1. The van der Waals surface area contributed by atoms with E-state index >= 15 is 0 Å². The van der Waals surface area contributed by atoms with Crippen molar-refractivity contribution in [3.05, 3.63) is 0 Å². The van der Waals surface area contributed by atoms with E-state index in [-0.39, 0.29) is 37.6 Å². The Balaban J connectivity index is 2.77. The number of carboxylic acid groups (broad SMARTS) is 1. The summed E-state index contributed by atoms with van der Waals surface area (Å²) in [6.07, 6.45) is 0.428. The molecule has 0 aromatic rings.